The molecule has 26 heavy (non-hydrogen) atoms. The summed E-state index contributed by atoms with van der Waals surface area (Å²) in [4.78, 5) is 0. The molecule has 2 aromatic carbocycles. The van der Waals surface area contributed by atoms with E-state index in [0.29, 0.717) is 11.5 Å². The Balaban J connectivity index is 1.63. The van der Waals surface area contributed by atoms with Crippen LogP contribution >= 0.6 is 0 Å². The minimum atomic E-state index is -2.65. The molecule has 2 aromatic rings. The van der Waals surface area contributed by atoms with Crippen LogP contribution in [0.25, 0.3) is 11.1 Å². The van der Waals surface area contributed by atoms with E-state index in [2.05, 4.69) is 31.2 Å². The highest BCUT2D eigenvalue weighted by Crippen LogP contribution is 2.38. The molecule has 3 rings (SSSR count). The first-order valence-electron chi connectivity index (χ1n) is 10.0. The number of halogens is 2. The maximum atomic E-state index is 13.1. The van der Waals surface area contributed by atoms with Crippen molar-refractivity contribution in [1.29, 1.82) is 0 Å². The second-order valence-corrected chi connectivity index (χ2v) is 8.07. The molecular weight excluding hydrogens is 326 g/mol. The van der Waals surface area contributed by atoms with E-state index in [1.165, 1.54) is 44.1 Å². The molecule has 1 saturated carbocycles. The summed E-state index contributed by atoms with van der Waals surface area (Å²) in [6.45, 7) is 3.25. The quantitative estimate of drug-likeness (QED) is 0.499. The molecule has 0 heterocycles. The zero-order valence-electron chi connectivity index (χ0n) is 16.0. The van der Waals surface area contributed by atoms with Gasteiger partial charge in [0, 0.05) is 6.42 Å². The van der Waals surface area contributed by atoms with Gasteiger partial charge in [0.25, 0.3) is 0 Å². The summed E-state index contributed by atoms with van der Waals surface area (Å²) in [5, 5.41) is 0. The minimum absolute atomic E-state index is 0.201. The van der Waals surface area contributed by atoms with Crippen molar-refractivity contribution in [2.75, 3.05) is 0 Å². The lowest BCUT2D eigenvalue weighted by atomic mass is 9.77. The molecule has 1 aliphatic carbocycles. The van der Waals surface area contributed by atoms with Crippen molar-refractivity contribution >= 4 is 0 Å². The second-order valence-electron chi connectivity index (χ2n) is 8.07. The predicted molar refractivity (Wildman–Crippen MR) is 106 cm³/mol. The summed E-state index contributed by atoms with van der Waals surface area (Å²) in [6, 6.07) is 16.4. The lowest BCUT2D eigenvalue weighted by Gasteiger charge is -2.28. The van der Waals surface area contributed by atoms with Gasteiger partial charge in [0.15, 0.2) is 0 Å². The molecular formula is C24H30F2. The fraction of sp³-hybridized carbons (Fsp3) is 0.500. The molecule has 2 heteroatoms. The highest BCUT2D eigenvalue weighted by atomic mass is 19.3. The molecule has 0 unspecified atom stereocenters. The van der Waals surface area contributed by atoms with Crippen molar-refractivity contribution < 1.29 is 8.78 Å². The molecule has 0 amide bonds. The maximum absolute atomic E-state index is 13.1. The van der Waals surface area contributed by atoms with Gasteiger partial charge in [-0.2, -0.15) is 0 Å². The summed E-state index contributed by atoms with van der Waals surface area (Å²) >= 11 is 0. The summed E-state index contributed by atoms with van der Waals surface area (Å²) in [5.74, 6) is -1.02. The number of hydrogen-bond donors (Lipinski definition) is 0. The normalized spacial score (nSPS) is 20.9. The van der Waals surface area contributed by atoms with Crippen LogP contribution in [0.3, 0.4) is 0 Å². The third kappa shape index (κ3) is 5.16. The Kier molecular flexibility index (Phi) is 6.11. The highest BCUT2D eigenvalue weighted by molar-refractivity contribution is 5.64. The SMILES string of the molecule is CCC[C@H]1CC[C@H](c2ccc(-c3ccc(CC(C)(F)F)cc3)cc2)CC1. The average molecular weight is 357 g/mol. The van der Waals surface area contributed by atoms with Gasteiger partial charge in [-0.3, -0.25) is 0 Å². The lowest BCUT2D eigenvalue weighted by molar-refractivity contribution is 0.0226. The van der Waals surface area contributed by atoms with E-state index < -0.39 is 5.92 Å². The van der Waals surface area contributed by atoms with Gasteiger partial charge >= 0.3 is 0 Å². The van der Waals surface area contributed by atoms with E-state index in [1.807, 2.05) is 24.3 Å². The standard InChI is InChI=1S/C24H30F2/c1-3-4-18-5-9-20(10-6-18)22-13-15-23(16-14-22)21-11-7-19(8-12-21)17-24(2,25)26/h7-8,11-16,18,20H,3-6,9-10,17H2,1-2H3/t18-,20-. The van der Waals surface area contributed by atoms with Crippen LogP contribution in [0.1, 0.15) is 69.4 Å². The molecule has 0 saturated heterocycles. The Hall–Kier alpha value is -1.70. The topological polar surface area (TPSA) is 0 Å². The summed E-state index contributed by atoms with van der Waals surface area (Å²) in [6.07, 6.45) is 7.83. The van der Waals surface area contributed by atoms with E-state index >= 15 is 0 Å². The van der Waals surface area contributed by atoms with E-state index in [9.17, 15) is 8.78 Å². The zero-order valence-corrected chi connectivity index (χ0v) is 16.0. The molecule has 0 nitrogen and oxygen atoms in total. The Morgan fingerprint density at radius 3 is 1.88 bits per heavy atom. The fourth-order valence-electron chi connectivity index (χ4n) is 4.31. The average Bonchev–Trinajstić information content (AvgIpc) is 2.62. The Bertz CT molecular complexity index is 672. The fourth-order valence-corrected chi connectivity index (χ4v) is 4.31. The zero-order chi connectivity index (χ0) is 18.6. The van der Waals surface area contributed by atoms with E-state index in [0.717, 1.165) is 24.0 Å². The minimum Gasteiger partial charge on any atom is -0.207 e. The van der Waals surface area contributed by atoms with Crippen LogP contribution in [0.4, 0.5) is 8.78 Å². The first-order valence-corrected chi connectivity index (χ1v) is 10.0. The lowest BCUT2D eigenvalue weighted by Crippen LogP contribution is -2.13. The molecule has 0 radical (unpaired) electrons. The molecule has 140 valence electrons. The first kappa shape index (κ1) is 19.1. The van der Waals surface area contributed by atoms with Gasteiger partial charge in [-0.25, -0.2) is 8.78 Å². The third-order valence-electron chi connectivity index (χ3n) is 5.73. The van der Waals surface area contributed by atoms with Crippen LogP contribution in [0.15, 0.2) is 48.5 Å². The van der Waals surface area contributed by atoms with Crippen molar-refractivity contribution in [1.82, 2.24) is 0 Å². The van der Waals surface area contributed by atoms with E-state index in [4.69, 9.17) is 0 Å². The Morgan fingerprint density at radius 2 is 1.38 bits per heavy atom. The van der Waals surface area contributed by atoms with Crippen molar-refractivity contribution in [2.24, 2.45) is 5.92 Å². The van der Waals surface area contributed by atoms with Gasteiger partial charge in [-0.05, 0) is 66.7 Å². The van der Waals surface area contributed by atoms with Crippen LogP contribution in [0.2, 0.25) is 0 Å². The largest absolute Gasteiger partial charge is 0.249 e. The van der Waals surface area contributed by atoms with Gasteiger partial charge in [-0.1, -0.05) is 68.3 Å². The molecule has 0 bridgehead atoms. The molecule has 0 spiro atoms. The number of hydrogen-bond acceptors (Lipinski definition) is 0. The van der Waals surface area contributed by atoms with Crippen LogP contribution in [-0.4, -0.2) is 5.92 Å². The molecule has 1 fully saturated rings. The summed E-state index contributed by atoms with van der Waals surface area (Å²) in [5.41, 5.74) is 4.38. The van der Waals surface area contributed by atoms with Gasteiger partial charge in [-0.15, -0.1) is 0 Å². The number of rotatable bonds is 6. The van der Waals surface area contributed by atoms with Gasteiger partial charge in [0.1, 0.15) is 0 Å². The van der Waals surface area contributed by atoms with E-state index in [1.54, 1.807) is 0 Å². The summed E-state index contributed by atoms with van der Waals surface area (Å²) < 4.78 is 26.2. The predicted octanol–water partition coefficient (Wildman–Crippen LogP) is 7.63. The van der Waals surface area contributed by atoms with Crippen molar-refractivity contribution in [3.63, 3.8) is 0 Å². The van der Waals surface area contributed by atoms with Crippen molar-refractivity contribution in [3.05, 3.63) is 59.7 Å². The second kappa shape index (κ2) is 8.33. The van der Waals surface area contributed by atoms with Crippen molar-refractivity contribution in [2.45, 2.75) is 70.6 Å². The van der Waals surface area contributed by atoms with Gasteiger partial charge in [0.2, 0.25) is 5.92 Å². The maximum Gasteiger partial charge on any atom is 0.249 e. The van der Waals surface area contributed by atoms with Gasteiger partial charge in [0.05, 0.1) is 0 Å². The summed E-state index contributed by atoms with van der Waals surface area (Å²) in [7, 11) is 0. The molecule has 0 aromatic heterocycles. The van der Waals surface area contributed by atoms with Gasteiger partial charge < -0.3 is 0 Å². The monoisotopic (exact) mass is 356 g/mol. The third-order valence-corrected chi connectivity index (χ3v) is 5.73. The molecule has 0 atom stereocenters. The first-order chi connectivity index (χ1) is 12.4. The Morgan fingerprint density at radius 1 is 0.846 bits per heavy atom. The number of alkyl halides is 2. The van der Waals surface area contributed by atoms with Crippen LogP contribution < -0.4 is 0 Å². The van der Waals surface area contributed by atoms with Crippen LogP contribution in [0, 0.1) is 5.92 Å². The smallest absolute Gasteiger partial charge is 0.207 e. The molecule has 0 aliphatic heterocycles. The van der Waals surface area contributed by atoms with E-state index in [-0.39, 0.29) is 6.42 Å². The van der Waals surface area contributed by atoms with Crippen LogP contribution in [0.5, 0.6) is 0 Å². The van der Waals surface area contributed by atoms with Crippen LogP contribution in [-0.2, 0) is 6.42 Å². The Labute approximate surface area is 156 Å². The highest BCUT2D eigenvalue weighted by Gasteiger charge is 2.22. The number of benzene rings is 2. The van der Waals surface area contributed by atoms with Crippen molar-refractivity contribution in [3.8, 4) is 11.1 Å². The molecule has 1 aliphatic rings. The molecule has 0 N–H and O–H groups in total.